The van der Waals surface area contributed by atoms with Crippen molar-refractivity contribution in [1.82, 2.24) is 9.88 Å². The van der Waals surface area contributed by atoms with Crippen molar-refractivity contribution in [2.24, 2.45) is 11.7 Å². The van der Waals surface area contributed by atoms with Crippen molar-refractivity contribution in [3.63, 3.8) is 0 Å². The van der Waals surface area contributed by atoms with Crippen LogP contribution in [0.1, 0.15) is 30.1 Å². The molecule has 0 radical (unpaired) electrons. The second-order valence-electron chi connectivity index (χ2n) is 4.83. The lowest BCUT2D eigenvalue weighted by molar-refractivity contribution is 0.0530. The number of nitrogens with one attached hydrogen (secondary N) is 1. The maximum absolute atomic E-state index is 12.4. The molecular weight excluding hydrogens is 230 g/mol. The van der Waals surface area contributed by atoms with Crippen LogP contribution in [0.2, 0.25) is 0 Å². The van der Waals surface area contributed by atoms with Crippen molar-refractivity contribution in [1.29, 1.82) is 0 Å². The average molecular weight is 249 g/mol. The molecule has 2 atom stereocenters. The molecule has 2 unspecified atom stereocenters. The topological polar surface area (TPSA) is 79.2 Å². The number of pyridine rings is 1. The number of carbonyl (C=O) groups excluding carboxylic acids is 1. The van der Waals surface area contributed by atoms with Crippen molar-refractivity contribution in [3.05, 3.63) is 34.2 Å². The fraction of sp³-hybridized carbons (Fsp3) is 0.538. The summed E-state index contributed by atoms with van der Waals surface area (Å²) in [5.41, 5.74) is 5.62. The summed E-state index contributed by atoms with van der Waals surface area (Å²) in [4.78, 5) is 28.3. The van der Waals surface area contributed by atoms with E-state index in [2.05, 4.69) is 11.9 Å². The van der Waals surface area contributed by atoms with Crippen molar-refractivity contribution in [2.75, 3.05) is 13.1 Å². The predicted octanol–water partition coefficient (Wildman–Crippen LogP) is 0.574. The number of nitrogens with zero attached hydrogens (tertiary/aromatic N) is 1. The number of hydrogen-bond donors (Lipinski definition) is 2. The van der Waals surface area contributed by atoms with E-state index in [9.17, 15) is 9.59 Å². The van der Waals surface area contributed by atoms with Gasteiger partial charge in [-0.15, -0.1) is 0 Å². The number of carbonyl (C=O) groups is 1. The Kier molecular flexibility index (Phi) is 3.81. The number of H-pyrrole nitrogens is 1. The highest BCUT2D eigenvalue weighted by Gasteiger charge is 2.32. The summed E-state index contributed by atoms with van der Waals surface area (Å²) in [6, 6.07) is 3.26. The molecule has 0 aromatic carbocycles. The number of nitrogens with two attached hydrogens (primary N) is 1. The molecule has 1 fully saturated rings. The van der Waals surface area contributed by atoms with E-state index in [4.69, 9.17) is 5.73 Å². The van der Waals surface area contributed by atoms with Gasteiger partial charge in [0, 0.05) is 25.3 Å². The second kappa shape index (κ2) is 5.35. The summed E-state index contributed by atoms with van der Waals surface area (Å²) in [6.07, 6.45) is 3.57. The molecular formula is C13H19N3O2. The van der Waals surface area contributed by atoms with Gasteiger partial charge in [0.15, 0.2) is 0 Å². The molecule has 5 heteroatoms. The Morgan fingerprint density at radius 3 is 3.06 bits per heavy atom. The number of aromatic nitrogens is 1. The van der Waals surface area contributed by atoms with Crippen LogP contribution in [-0.2, 0) is 0 Å². The molecule has 1 saturated heterocycles. The molecule has 0 bridgehead atoms. The SMILES string of the molecule is CC1CCCN(C(=O)c2ccc[nH]c2=O)C1CN. The maximum atomic E-state index is 12.4. The van der Waals surface area contributed by atoms with E-state index in [0.717, 1.165) is 12.8 Å². The fourth-order valence-electron chi connectivity index (χ4n) is 2.61. The van der Waals surface area contributed by atoms with Gasteiger partial charge in [-0.1, -0.05) is 6.92 Å². The minimum atomic E-state index is -0.337. The lowest BCUT2D eigenvalue weighted by Crippen LogP contribution is -2.52. The van der Waals surface area contributed by atoms with Gasteiger partial charge in [0.2, 0.25) is 0 Å². The van der Waals surface area contributed by atoms with Gasteiger partial charge in [-0.3, -0.25) is 9.59 Å². The Morgan fingerprint density at radius 1 is 1.61 bits per heavy atom. The highest BCUT2D eigenvalue weighted by atomic mass is 16.2. The van der Waals surface area contributed by atoms with Crippen LogP contribution in [0.5, 0.6) is 0 Å². The van der Waals surface area contributed by atoms with Crippen LogP contribution in [0.15, 0.2) is 23.1 Å². The van der Waals surface area contributed by atoms with E-state index in [1.165, 1.54) is 6.20 Å². The highest BCUT2D eigenvalue weighted by molar-refractivity contribution is 5.94. The zero-order valence-electron chi connectivity index (χ0n) is 10.6. The highest BCUT2D eigenvalue weighted by Crippen LogP contribution is 2.23. The third kappa shape index (κ3) is 2.31. The number of likely N-dealkylation sites (tertiary alicyclic amines) is 1. The smallest absolute Gasteiger partial charge is 0.260 e. The Bertz CT molecular complexity index is 483. The standard InChI is InChI=1S/C13H19N3O2/c1-9-4-3-7-16(11(9)8-14)13(18)10-5-2-6-15-12(10)17/h2,5-6,9,11H,3-4,7-8,14H2,1H3,(H,15,17). The first kappa shape index (κ1) is 12.8. The number of amides is 1. The van der Waals surface area contributed by atoms with Gasteiger partial charge in [-0.2, -0.15) is 0 Å². The van der Waals surface area contributed by atoms with Gasteiger partial charge in [0.25, 0.3) is 11.5 Å². The second-order valence-corrected chi connectivity index (χ2v) is 4.83. The molecule has 0 spiro atoms. The average Bonchev–Trinajstić information content (AvgIpc) is 2.38. The Labute approximate surface area is 106 Å². The van der Waals surface area contributed by atoms with Gasteiger partial charge in [0.1, 0.15) is 5.56 Å². The zero-order valence-corrected chi connectivity index (χ0v) is 10.6. The molecule has 1 amide bonds. The molecule has 3 N–H and O–H groups in total. The van der Waals surface area contributed by atoms with Crippen LogP contribution >= 0.6 is 0 Å². The first-order valence-corrected chi connectivity index (χ1v) is 6.34. The van der Waals surface area contributed by atoms with Gasteiger partial charge >= 0.3 is 0 Å². The summed E-state index contributed by atoms with van der Waals surface area (Å²) < 4.78 is 0. The molecule has 98 valence electrons. The zero-order chi connectivity index (χ0) is 13.1. The minimum Gasteiger partial charge on any atom is -0.334 e. The van der Waals surface area contributed by atoms with Crippen molar-refractivity contribution < 1.29 is 4.79 Å². The largest absolute Gasteiger partial charge is 0.334 e. The van der Waals surface area contributed by atoms with Gasteiger partial charge in [0.05, 0.1) is 0 Å². The lowest BCUT2D eigenvalue weighted by atomic mass is 9.90. The predicted molar refractivity (Wildman–Crippen MR) is 69.3 cm³/mol. The third-order valence-electron chi connectivity index (χ3n) is 3.67. The summed E-state index contributed by atoms with van der Waals surface area (Å²) in [6.45, 7) is 3.23. The molecule has 18 heavy (non-hydrogen) atoms. The monoisotopic (exact) mass is 249 g/mol. The van der Waals surface area contributed by atoms with Crippen LogP contribution in [0.4, 0.5) is 0 Å². The molecule has 5 nitrogen and oxygen atoms in total. The molecule has 2 heterocycles. The molecule has 1 aliphatic heterocycles. The molecule has 2 rings (SSSR count). The summed E-state index contributed by atoms with van der Waals surface area (Å²) in [7, 11) is 0. The molecule has 0 saturated carbocycles. The third-order valence-corrected chi connectivity index (χ3v) is 3.67. The van der Waals surface area contributed by atoms with E-state index in [1.807, 2.05) is 0 Å². The first-order valence-electron chi connectivity index (χ1n) is 6.34. The summed E-state index contributed by atoms with van der Waals surface area (Å²) in [5.74, 6) is 0.175. The first-order chi connectivity index (χ1) is 8.65. The van der Waals surface area contributed by atoms with Crippen molar-refractivity contribution in [3.8, 4) is 0 Å². The number of aromatic amines is 1. The van der Waals surface area contributed by atoms with Crippen molar-refractivity contribution in [2.45, 2.75) is 25.8 Å². The molecule has 0 aliphatic carbocycles. The Balaban J connectivity index is 2.27. The van der Waals surface area contributed by atoms with E-state index in [-0.39, 0.29) is 23.1 Å². The normalized spacial score (nSPS) is 24.0. The van der Waals surface area contributed by atoms with Crippen LogP contribution in [0, 0.1) is 5.92 Å². The Morgan fingerprint density at radius 2 is 2.39 bits per heavy atom. The Hall–Kier alpha value is -1.62. The van der Waals surface area contributed by atoms with Crippen LogP contribution in [0.25, 0.3) is 0 Å². The molecule has 1 aromatic rings. The quantitative estimate of drug-likeness (QED) is 0.804. The van der Waals surface area contributed by atoms with Gasteiger partial charge in [-0.05, 0) is 30.9 Å². The van der Waals surface area contributed by atoms with Gasteiger partial charge in [-0.25, -0.2) is 0 Å². The van der Waals surface area contributed by atoms with E-state index < -0.39 is 0 Å². The summed E-state index contributed by atoms with van der Waals surface area (Å²) >= 11 is 0. The number of piperidine rings is 1. The number of hydrogen-bond acceptors (Lipinski definition) is 3. The van der Waals surface area contributed by atoms with Crippen LogP contribution < -0.4 is 11.3 Å². The fourth-order valence-corrected chi connectivity index (χ4v) is 2.61. The van der Waals surface area contributed by atoms with E-state index >= 15 is 0 Å². The van der Waals surface area contributed by atoms with Crippen LogP contribution in [0.3, 0.4) is 0 Å². The van der Waals surface area contributed by atoms with Crippen molar-refractivity contribution >= 4 is 5.91 Å². The van der Waals surface area contributed by atoms with Gasteiger partial charge < -0.3 is 15.6 Å². The van der Waals surface area contributed by atoms with E-state index in [1.54, 1.807) is 17.0 Å². The summed E-state index contributed by atoms with van der Waals surface area (Å²) in [5, 5.41) is 0. The molecule has 1 aliphatic rings. The molecule has 1 aromatic heterocycles. The maximum Gasteiger partial charge on any atom is 0.260 e. The lowest BCUT2D eigenvalue weighted by Gasteiger charge is -2.39. The minimum absolute atomic E-state index is 0.0332. The van der Waals surface area contributed by atoms with E-state index in [0.29, 0.717) is 19.0 Å². The number of rotatable bonds is 2. The van der Waals surface area contributed by atoms with Crippen LogP contribution in [-0.4, -0.2) is 34.9 Å².